The predicted octanol–water partition coefficient (Wildman–Crippen LogP) is 1.62. The number of sulfonamides is 1. The zero-order valence-electron chi connectivity index (χ0n) is 11.0. The number of hydrogen-bond acceptors (Lipinski definition) is 3. The minimum absolute atomic E-state index is 0.106. The second-order valence-electron chi connectivity index (χ2n) is 4.93. The molecule has 7 heteroatoms. The topological polar surface area (TPSA) is 74.7 Å². The molecule has 0 aromatic heterocycles. The molecule has 1 aromatic carbocycles. The number of carboxylic acids is 1. The summed E-state index contributed by atoms with van der Waals surface area (Å²) in [4.78, 5) is 10.6. The summed E-state index contributed by atoms with van der Waals surface area (Å²) in [5.41, 5.74) is 0.322. The highest BCUT2D eigenvalue weighted by atomic mass is 32.2. The van der Waals surface area contributed by atoms with Gasteiger partial charge in [0.2, 0.25) is 10.0 Å². The second kappa shape index (κ2) is 5.49. The summed E-state index contributed by atoms with van der Waals surface area (Å²) in [7, 11) is -3.99. The molecule has 0 aliphatic carbocycles. The van der Waals surface area contributed by atoms with Crippen LogP contribution in [0.25, 0.3) is 0 Å². The van der Waals surface area contributed by atoms with Gasteiger partial charge in [0.25, 0.3) is 0 Å². The van der Waals surface area contributed by atoms with E-state index < -0.39 is 27.7 Å². The first kappa shape index (κ1) is 14.9. The first-order chi connectivity index (χ1) is 9.34. The van der Waals surface area contributed by atoms with Crippen molar-refractivity contribution in [3.63, 3.8) is 0 Å². The van der Waals surface area contributed by atoms with Crippen molar-refractivity contribution < 1.29 is 22.7 Å². The van der Waals surface area contributed by atoms with Crippen LogP contribution in [0, 0.1) is 18.7 Å². The van der Waals surface area contributed by atoms with Crippen LogP contribution < -0.4 is 0 Å². The van der Waals surface area contributed by atoms with Gasteiger partial charge in [-0.1, -0.05) is 12.1 Å². The van der Waals surface area contributed by atoms with Crippen LogP contribution in [0.3, 0.4) is 0 Å². The molecule has 1 fully saturated rings. The van der Waals surface area contributed by atoms with E-state index in [0.29, 0.717) is 18.4 Å². The smallest absolute Gasteiger partial charge is 0.307 e. The second-order valence-corrected chi connectivity index (χ2v) is 6.80. The fourth-order valence-electron chi connectivity index (χ4n) is 2.43. The highest BCUT2D eigenvalue weighted by Crippen LogP contribution is 2.27. The lowest BCUT2D eigenvalue weighted by atomic mass is 10.0. The Morgan fingerprint density at radius 2 is 2.15 bits per heavy atom. The van der Waals surface area contributed by atoms with E-state index in [9.17, 15) is 17.6 Å². The number of rotatable bonds is 3. The SMILES string of the molecule is Cc1cccc(F)c1S(=O)(=O)N1CCC[C@@H](C(=O)O)C1. The summed E-state index contributed by atoms with van der Waals surface area (Å²) in [6.07, 6.45) is 0.904. The van der Waals surface area contributed by atoms with Crippen LogP contribution in [0.4, 0.5) is 4.39 Å². The average Bonchev–Trinajstić information content (AvgIpc) is 2.38. The highest BCUT2D eigenvalue weighted by molar-refractivity contribution is 7.89. The molecule has 110 valence electrons. The van der Waals surface area contributed by atoms with E-state index >= 15 is 0 Å². The quantitative estimate of drug-likeness (QED) is 0.920. The van der Waals surface area contributed by atoms with Crippen molar-refractivity contribution in [3.8, 4) is 0 Å². The molecule has 0 bridgehead atoms. The number of halogens is 1. The Hall–Kier alpha value is -1.47. The number of carbonyl (C=O) groups is 1. The van der Waals surface area contributed by atoms with Gasteiger partial charge in [0.15, 0.2) is 0 Å². The number of aliphatic carboxylic acids is 1. The van der Waals surface area contributed by atoms with Gasteiger partial charge in [-0.2, -0.15) is 4.31 Å². The van der Waals surface area contributed by atoms with Crippen molar-refractivity contribution in [2.75, 3.05) is 13.1 Å². The van der Waals surface area contributed by atoms with Crippen molar-refractivity contribution in [3.05, 3.63) is 29.6 Å². The monoisotopic (exact) mass is 301 g/mol. The summed E-state index contributed by atoms with van der Waals surface area (Å²) >= 11 is 0. The molecule has 1 aliphatic rings. The first-order valence-corrected chi connectivity index (χ1v) is 7.76. The highest BCUT2D eigenvalue weighted by Gasteiger charge is 2.35. The summed E-state index contributed by atoms with van der Waals surface area (Å²) in [6, 6.07) is 4.06. The molecule has 1 aromatic rings. The van der Waals surface area contributed by atoms with Gasteiger partial charge in [0.05, 0.1) is 5.92 Å². The van der Waals surface area contributed by atoms with Crippen LogP contribution in [0.5, 0.6) is 0 Å². The van der Waals surface area contributed by atoms with E-state index in [2.05, 4.69) is 0 Å². The Morgan fingerprint density at radius 1 is 1.45 bits per heavy atom. The van der Waals surface area contributed by atoms with E-state index in [0.717, 1.165) is 10.4 Å². The first-order valence-electron chi connectivity index (χ1n) is 6.32. The minimum atomic E-state index is -3.99. The van der Waals surface area contributed by atoms with E-state index in [-0.39, 0.29) is 18.0 Å². The Bertz CT molecular complexity index is 609. The third-order valence-corrected chi connectivity index (χ3v) is 5.54. The fraction of sp³-hybridized carbons (Fsp3) is 0.462. The Labute approximate surface area is 117 Å². The fourth-order valence-corrected chi connectivity index (χ4v) is 4.23. The summed E-state index contributed by atoms with van der Waals surface area (Å²) < 4.78 is 39.9. The molecule has 0 amide bonds. The van der Waals surface area contributed by atoms with Crippen molar-refractivity contribution in [2.45, 2.75) is 24.7 Å². The van der Waals surface area contributed by atoms with Gasteiger partial charge in [0, 0.05) is 13.1 Å². The Morgan fingerprint density at radius 3 is 2.75 bits per heavy atom. The van der Waals surface area contributed by atoms with Crippen LogP contribution in [0.1, 0.15) is 18.4 Å². The molecular weight excluding hydrogens is 285 g/mol. The maximum Gasteiger partial charge on any atom is 0.307 e. The van der Waals surface area contributed by atoms with Gasteiger partial charge in [-0.15, -0.1) is 0 Å². The maximum absolute atomic E-state index is 13.8. The Balaban J connectivity index is 2.38. The zero-order chi connectivity index (χ0) is 14.9. The molecule has 0 unspecified atom stereocenters. The standard InChI is InChI=1S/C13H16FNO4S/c1-9-4-2-6-11(14)12(9)20(18,19)15-7-3-5-10(8-15)13(16)17/h2,4,6,10H,3,5,7-8H2,1H3,(H,16,17)/t10-/m1/s1. The number of hydrogen-bond donors (Lipinski definition) is 1. The zero-order valence-corrected chi connectivity index (χ0v) is 11.9. The van der Waals surface area contributed by atoms with Crippen molar-refractivity contribution in [1.82, 2.24) is 4.31 Å². The third kappa shape index (κ3) is 2.69. The van der Waals surface area contributed by atoms with Crippen molar-refractivity contribution in [2.24, 2.45) is 5.92 Å². The third-order valence-electron chi connectivity index (χ3n) is 3.50. The molecule has 1 saturated heterocycles. The van der Waals surface area contributed by atoms with E-state index in [1.54, 1.807) is 0 Å². The summed E-state index contributed by atoms with van der Waals surface area (Å²) in [6.45, 7) is 1.64. The van der Waals surface area contributed by atoms with Crippen LogP contribution in [0.2, 0.25) is 0 Å². The van der Waals surface area contributed by atoms with Gasteiger partial charge < -0.3 is 5.11 Å². The molecule has 0 spiro atoms. The van der Waals surface area contributed by atoms with Crippen LogP contribution >= 0.6 is 0 Å². The van der Waals surface area contributed by atoms with E-state index in [1.165, 1.54) is 19.1 Å². The molecule has 1 atom stereocenters. The Kier molecular flexibility index (Phi) is 4.10. The maximum atomic E-state index is 13.8. The number of benzene rings is 1. The van der Waals surface area contributed by atoms with E-state index in [1.807, 2.05) is 0 Å². The lowest BCUT2D eigenvalue weighted by molar-refractivity contribution is -0.142. The number of piperidine rings is 1. The average molecular weight is 301 g/mol. The molecule has 1 aliphatic heterocycles. The molecule has 1 N–H and O–H groups in total. The molecular formula is C13H16FNO4S. The number of aryl methyl sites for hydroxylation is 1. The molecule has 0 saturated carbocycles. The largest absolute Gasteiger partial charge is 0.481 e. The van der Waals surface area contributed by atoms with Crippen molar-refractivity contribution >= 4 is 16.0 Å². The normalized spacial score (nSPS) is 20.8. The summed E-state index contributed by atoms with van der Waals surface area (Å²) in [5.74, 6) is -2.55. The van der Waals surface area contributed by atoms with Gasteiger partial charge in [-0.3, -0.25) is 4.79 Å². The lowest BCUT2D eigenvalue weighted by Crippen LogP contribution is -2.42. The molecule has 20 heavy (non-hydrogen) atoms. The van der Waals surface area contributed by atoms with Gasteiger partial charge in [-0.25, -0.2) is 12.8 Å². The van der Waals surface area contributed by atoms with Crippen molar-refractivity contribution in [1.29, 1.82) is 0 Å². The molecule has 5 nitrogen and oxygen atoms in total. The van der Waals surface area contributed by atoms with Crippen LogP contribution in [-0.2, 0) is 14.8 Å². The molecule has 2 rings (SSSR count). The lowest BCUT2D eigenvalue weighted by Gasteiger charge is -2.30. The molecule has 1 heterocycles. The number of nitrogens with zero attached hydrogens (tertiary/aromatic N) is 1. The number of carboxylic acid groups (broad SMARTS) is 1. The van der Waals surface area contributed by atoms with Gasteiger partial charge in [-0.05, 0) is 31.4 Å². The van der Waals surface area contributed by atoms with E-state index in [4.69, 9.17) is 5.11 Å². The predicted molar refractivity (Wildman–Crippen MR) is 70.3 cm³/mol. The van der Waals surface area contributed by atoms with Crippen LogP contribution in [-0.4, -0.2) is 36.9 Å². The van der Waals surface area contributed by atoms with Gasteiger partial charge >= 0.3 is 5.97 Å². The minimum Gasteiger partial charge on any atom is -0.481 e. The van der Waals surface area contributed by atoms with Crippen LogP contribution in [0.15, 0.2) is 23.1 Å². The molecule has 0 radical (unpaired) electrons. The summed E-state index contributed by atoms with van der Waals surface area (Å²) in [5, 5.41) is 9.01. The van der Waals surface area contributed by atoms with Gasteiger partial charge in [0.1, 0.15) is 10.7 Å².